The van der Waals surface area contributed by atoms with Gasteiger partial charge in [-0.25, -0.2) is 4.99 Å². The lowest BCUT2D eigenvalue weighted by Crippen LogP contribution is -2.36. The van der Waals surface area contributed by atoms with Gasteiger partial charge in [0.15, 0.2) is 5.84 Å². The largest absolute Gasteiger partial charge is 0.496 e. The van der Waals surface area contributed by atoms with Gasteiger partial charge in [0.05, 0.1) is 37.3 Å². The zero-order valence-corrected chi connectivity index (χ0v) is 16.1. The Hall–Kier alpha value is -2.86. The summed E-state index contributed by atoms with van der Waals surface area (Å²) >= 11 is 0. The third-order valence-electron chi connectivity index (χ3n) is 4.63. The highest BCUT2D eigenvalue weighted by molar-refractivity contribution is 6.12. The van der Waals surface area contributed by atoms with Crippen LogP contribution in [0.25, 0.3) is 0 Å². The number of nitrogens with two attached hydrogens (primary N) is 1. The summed E-state index contributed by atoms with van der Waals surface area (Å²) in [6.45, 7) is 5.14. The van der Waals surface area contributed by atoms with Crippen molar-refractivity contribution in [2.45, 2.75) is 6.92 Å². The predicted molar refractivity (Wildman–Crippen MR) is 112 cm³/mol. The van der Waals surface area contributed by atoms with E-state index in [0.717, 1.165) is 60.3 Å². The molecule has 1 saturated heterocycles. The van der Waals surface area contributed by atoms with Gasteiger partial charge in [-0.05, 0) is 36.8 Å². The number of methoxy groups -OCH3 is 1. The lowest BCUT2D eigenvalue weighted by molar-refractivity contribution is 0.123. The van der Waals surface area contributed by atoms with Gasteiger partial charge in [0, 0.05) is 25.8 Å². The SMILES string of the molecule is C/N=C(\N=C(/C)c1ccc(N2CCOCC2)c(N)c1)c1ccccc1OC. The van der Waals surface area contributed by atoms with Crippen molar-refractivity contribution in [3.63, 3.8) is 0 Å². The maximum atomic E-state index is 6.32. The molecule has 1 fully saturated rings. The summed E-state index contributed by atoms with van der Waals surface area (Å²) in [5.74, 6) is 1.37. The number of benzene rings is 2. The van der Waals surface area contributed by atoms with Crippen molar-refractivity contribution in [1.29, 1.82) is 0 Å². The number of hydrogen-bond acceptors (Lipinski definition) is 5. The van der Waals surface area contributed by atoms with Crippen LogP contribution in [0.3, 0.4) is 0 Å². The predicted octanol–water partition coefficient (Wildman–Crippen LogP) is 3.00. The second kappa shape index (κ2) is 8.68. The number of amidine groups is 1. The summed E-state index contributed by atoms with van der Waals surface area (Å²) in [6.07, 6.45) is 0. The molecule has 6 nitrogen and oxygen atoms in total. The number of para-hydroxylation sites is 1. The fraction of sp³-hybridized carbons (Fsp3) is 0.333. The van der Waals surface area contributed by atoms with E-state index in [9.17, 15) is 0 Å². The zero-order valence-electron chi connectivity index (χ0n) is 16.1. The molecule has 1 heterocycles. The number of ether oxygens (including phenoxy) is 2. The van der Waals surface area contributed by atoms with E-state index in [2.05, 4.69) is 22.0 Å². The summed E-state index contributed by atoms with van der Waals surface area (Å²) in [5.41, 5.74) is 10.8. The van der Waals surface area contributed by atoms with Crippen LogP contribution in [0.2, 0.25) is 0 Å². The Morgan fingerprint density at radius 3 is 2.56 bits per heavy atom. The van der Waals surface area contributed by atoms with Crippen molar-refractivity contribution in [3.05, 3.63) is 53.6 Å². The van der Waals surface area contributed by atoms with Gasteiger partial charge < -0.3 is 20.1 Å². The Bertz CT molecular complexity index is 855. The first-order valence-corrected chi connectivity index (χ1v) is 9.02. The number of hydrogen-bond donors (Lipinski definition) is 1. The number of morpholine rings is 1. The van der Waals surface area contributed by atoms with Gasteiger partial charge in [-0.3, -0.25) is 4.99 Å². The van der Waals surface area contributed by atoms with E-state index in [1.807, 2.05) is 37.3 Å². The molecule has 0 saturated carbocycles. The molecular formula is C21H26N4O2. The van der Waals surface area contributed by atoms with Crippen molar-refractivity contribution < 1.29 is 9.47 Å². The molecule has 3 rings (SSSR count). The Morgan fingerprint density at radius 2 is 1.89 bits per heavy atom. The molecule has 0 spiro atoms. The number of nitrogen functional groups attached to an aromatic ring is 1. The Balaban J connectivity index is 1.87. The minimum absolute atomic E-state index is 0.626. The van der Waals surface area contributed by atoms with Gasteiger partial charge in [-0.2, -0.15) is 0 Å². The molecule has 2 aromatic rings. The van der Waals surface area contributed by atoms with Gasteiger partial charge >= 0.3 is 0 Å². The highest BCUT2D eigenvalue weighted by Crippen LogP contribution is 2.26. The monoisotopic (exact) mass is 366 g/mol. The van der Waals surface area contributed by atoms with Crippen molar-refractivity contribution in [1.82, 2.24) is 0 Å². The van der Waals surface area contributed by atoms with Crippen molar-refractivity contribution in [3.8, 4) is 5.75 Å². The van der Waals surface area contributed by atoms with Gasteiger partial charge in [-0.15, -0.1) is 0 Å². The first-order chi connectivity index (χ1) is 13.1. The maximum absolute atomic E-state index is 6.32. The number of aliphatic imine (C=N–C) groups is 2. The second-order valence-corrected chi connectivity index (χ2v) is 6.32. The topological polar surface area (TPSA) is 72.4 Å². The third kappa shape index (κ3) is 4.28. The summed E-state index contributed by atoms with van der Waals surface area (Å²) in [5, 5.41) is 0. The summed E-state index contributed by atoms with van der Waals surface area (Å²) in [7, 11) is 3.38. The van der Waals surface area contributed by atoms with Crippen LogP contribution in [0.4, 0.5) is 11.4 Å². The zero-order chi connectivity index (χ0) is 19.2. The highest BCUT2D eigenvalue weighted by atomic mass is 16.5. The van der Waals surface area contributed by atoms with Crippen LogP contribution in [0, 0.1) is 0 Å². The maximum Gasteiger partial charge on any atom is 0.158 e. The lowest BCUT2D eigenvalue weighted by Gasteiger charge is -2.30. The van der Waals surface area contributed by atoms with Crippen LogP contribution >= 0.6 is 0 Å². The number of anilines is 2. The van der Waals surface area contributed by atoms with Gasteiger partial charge in [0.1, 0.15) is 5.75 Å². The minimum atomic E-state index is 0.626. The van der Waals surface area contributed by atoms with E-state index in [1.165, 1.54) is 0 Å². The van der Waals surface area contributed by atoms with Gasteiger partial charge in [0.2, 0.25) is 0 Å². The fourth-order valence-electron chi connectivity index (χ4n) is 3.16. The van der Waals surface area contributed by atoms with E-state index in [1.54, 1.807) is 14.2 Å². The van der Waals surface area contributed by atoms with Crippen LogP contribution in [0.15, 0.2) is 52.4 Å². The van der Waals surface area contributed by atoms with Crippen molar-refractivity contribution >= 4 is 22.9 Å². The molecule has 2 aromatic carbocycles. The smallest absolute Gasteiger partial charge is 0.158 e. The Labute approximate surface area is 160 Å². The third-order valence-corrected chi connectivity index (χ3v) is 4.63. The van der Waals surface area contributed by atoms with Crippen LogP contribution in [0.1, 0.15) is 18.1 Å². The van der Waals surface area contributed by atoms with Crippen LogP contribution in [0.5, 0.6) is 5.75 Å². The second-order valence-electron chi connectivity index (χ2n) is 6.32. The molecule has 0 aromatic heterocycles. The van der Waals surface area contributed by atoms with Crippen LogP contribution in [-0.4, -0.2) is 52.0 Å². The molecule has 1 aliphatic rings. The summed E-state index contributed by atoms with van der Waals surface area (Å²) < 4.78 is 10.8. The molecule has 0 unspecified atom stereocenters. The molecule has 0 atom stereocenters. The van der Waals surface area contributed by atoms with E-state index in [-0.39, 0.29) is 0 Å². The molecule has 2 N–H and O–H groups in total. The van der Waals surface area contributed by atoms with Gasteiger partial charge in [0.25, 0.3) is 0 Å². The summed E-state index contributed by atoms with van der Waals surface area (Å²) in [6, 6.07) is 13.8. The van der Waals surface area contributed by atoms with Gasteiger partial charge in [-0.1, -0.05) is 18.2 Å². The molecular weight excluding hydrogens is 340 g/mol. The molecule has 0 bridgehead atoms. The average molecular weight is 366 g/mol. The van der Waals surface area contributed by atoms with E-state index < -0.39 is 0 Å². The lowest BCUT2D eigenvalue weighted by atomic mass is 10.1. The fourth-order valence-corrected chi connectivity index (χ4v) is 3.16. The van der Waals surface area contributed by atoms with E-state index >= 15 is 0 Å². The molecule has 142 valence electrons. The molecule has 0 aliphatic carbocycles. The highest BCUT2D eigenvalue weighted by Gasteiger charge is 2.15. The molecule has 27 heavy (non-hydrogen) atoms. The van der Waals surface area contributed by atoms with Crippen LogP contribution < -0.4 is 15.4 Å². The minimum Gasteiger partial charge on any atom is -0.496 e. The number of rotatable bonds is 4. The van der Waals surface area contributed by atoms with Crippen molar-refractivity contribution in [2.24, 2.45) is 9.98 Å². The quantitative estimate of drug-likeness (QED) is 0.513. The summed E-state index contributed by atoms with van der Waals surface area (Å²) in [4.78, 5) is 11.3. The normalized spacial score (nSPS) is 15.7. The standard InChI is InChI=1S/C21H26N4O2/c1-15(24-21(23-2)17-6-4-5-7-20(17)26-3)16-8-9-19(18(22)14-16)25-10-12-27-13-11-25/h4-9,14H,10-13,22H2,1-3H3/b23-21-,24-15+. The van der Waals surface area contributed by atoms with E-state index in [0.29, 0.717) is 5.84 Å². The molecule has 0 amide bonds. The first-order valence-electron chi connectivity index (χ1n) is 9.02. The first kappa shape index (κ1) is 18.9. The Morgan fingerprint density at radius 1 is 1.15 bits per heavy atom. The average Bonchev–Trinajstić information content (AvgIpc) is 2.72. The Kier molecular flexibility index (Phi) is 6.08. The molecule has 0 radical (unpaired) electrons. The number of nitrogens with zero attached hydrogens (tertiary/aromatic N) is 3. The van der Waals surface area contributed by atoms with Crippen molar-refractivity contribution in [2.75, 3.05) is 51.1 Å². The molecule has 1 aliphatic heterocycles. The molecule has 6 heteroatoms. The van der Waals surface area contributed by atoms with E-state index in [4.69, 9.17) is 20.2 Å². The van der Waals surface area contributed by atoms with Crippen LogP contribution in [-0.2, 0) is 4.74 Å².